The van der Waals surface area contributed by atoms with Gasteiger partial charge >= 0.3 is 0 Å². The molecule has 88 valence electrons. The van der Waals surface area contributed by atoms with Gasteiger partial charge in [0.1, 0.15) is 5.82 Å². The Kier molecular flexibility index (Phi) is 4.07. The normalized spacial score (nSPS) is 19.0. The van der Waals surface area contributed by atoms with Gasteiger partial charge in [-0.2, -0.15) is 0 Å². The Bertz CT molecular complexity index is 357. The van der Waals surface area contributed by atoms with Crippen LogP contribution in [0.25, 0.3) is 0 Å². The van der Waals surface area contributed by atoms with Gasteiger partial charge in [0.05, 0.1) is 0 Å². The SMILES string of the molecule is CNCCCC1CSc2cc(F)ccc2N1. The van der Waals surface area contributed by atoms with Gasteiger partial charge in [0.25, 0.3) is 0 Å². The minimum atomic E-state index is -0.151. The van der Waals surface area contributed by atoms with E-state index in [2.05, 4.69) is 10.6 Å². The fourth-order valence-electron chi connectivity index (χ4n) is 1.87. The molecule has 0 aromatic heterocycles. The summed E-state index contributed by atoms with van der Waals surface area (Å²) in [4.78, 5) is 1.03. The summed E-state index contributed by atoms with van der Waals surface area (Å²) in [6.07, 6.45) is 2.33. The van der Waals surface area contributed by atoms with E-state index in [1.54, 1.807) is 17.8 Å². The van der Waals surface area contributed by atoms with Crippen molar-refractivity contribution < 1.29 is 4.39 Å². The molecule has 1 unspecified atom stereocenters. The monoisotopic (exact) mass is 240 g/mol. The molecule has 2 rings (SSSR count). The third-order valence-electron chi connectivity index (χ3n) is 2.72. The number of nitrogens with one attached hydrogen (secondary N) is 2. The van der Waals surface area contributed by atoms with Gasteiger partial charge in [0.15, 0.2) is 0 Å². The van der Waals surface area contributed by atoms with E-state index in [0.717, 1.165) is 29.3 Å². The average molecular weight is 240 g/mol. The molecule has 0 aliphatic carbocycles. The van der Waals surface area contributed by atoms with Crippen molar-refractivity contribution >= 4 is 17.4 Å². The second-order valence-electron chi connectivity index (χ2n) is 4.04. The molecule has 0 radical (unpaired) electrons. The van der Waals surface area contributed by atoms with E-state index in [1.165, 1.54) is 12.5 Å². The second kappa shape index (κ2) is 5.55. The zero-order valence-electron chi connectivity index (χ0n) is 9.42. The van der Waals surface area contributed by atoms with E-state index in [0.29, 0.717) is 6.04 Å². The van der Waals surface area contributed by atoms with Crippen molar-refractivity contribution in [1.29, 1.82) is 0 Å². The Balaban J connectivity index is 1.93. The van der Waals surface area contributed by atoms with Crippen LogP contribution >= 0.6 is 11.8 Å². The van der Waals surface area contributed by atoms with Gasteiger partial charge in [-0.15, -0.1) is 11.8 Å². The lowest BCUT2D eigenvalue weighted by Crippen LogP contribution is -2.27. The zero-order valence-corrected chi connectivity index (χ0v) is 10.2. The van der Waals surface area contributed by atoms with E-state index in [1.807, 2.05) is 13.1 Å². The summed E-state index contributed by atoms with van der Waals surface area (Å²) in [5.41, 5.74) is 1.08. The van der Waals surface area contributed by atoms with Gasteiger partial charge in [0, 0.05) is 22.4 Å². The van der Waals surface area contributed by atoms with Gasteiger partial charge in [-0.05, 0) is 44.6 Å². The van der Waals surface area contributed by atoms with Crippen LogP contribution < -0.4 is 10.6 Å². The number of thioether (sulfide) groups is 1. The number of hydrogen-bond donors (Lipinski definition) is 2. The topological polar surface area (TPSA) is 24.1 Å². The molecule has 0 bridgehead atoms. The predicted octanol–water partition coefficient (Wildman–Crippen LogP) is 2.71. The molecule has 0 saturated heterocycles. The van der Waals surface area contributed by atoms with Crippen LogP contribution in [0.15, 0.2) is 23.1 Å². The highest BCUT2D eigenvalue weighted by Gasteiger charge is 2.17. The number of rotatable bonds is 4. The average Bonchev–Trinajstić information content (AvgIpc) is 2.29. The van der Waals surface area contributed by atoms with Crippen LogP contribution in [-0.4, -0.2) is 25.4 Å². The van der Waals surface area contributed by atoms with Crippen LogP contribution in [0.1, 0.15) is 12.8 Å². The minimum Gasteiger partial charge on any atom is -0.381 e. The van der Waals surface area contributed by atoms with E-state index < -0.39 is 0 Å². The second-order valence-corrected chi connectivity index (χ2v) is 5.10. The van der Waals surface area contributed by atoms with Crippen molar-refractivity contribution in [2.75, 3.05) is 24.7 Å². The molecule has 1 atom stereocenters. The molecule has 1 aliphatic rings. The summed E-state index contributed by atoms with van der Waals surface area (Å²) in [6.45, 7) is 1.05. The Morgan fingerprint density at radius 3 is 3.25 bits per heavy atom. The molecular formula is C12H17FN2S. The minimum absolute atomic E-state index is 0.151. The van der Waals surface area contributed by atoms with Gasteiger partial charge in [-0.1, -0.05) is 0 Å². The van der Waals surface area contributed by atoms with E-state index in [-0.39, 0.29) is 5.82 Å². The molecule has 0 amide bonds. The molecule has 0 fully saturated rings. The van der Waals surface area contributed by atoms with Crippen LogP contribution in [0.2, 0.25) is 0 Å². The first kappa shape index (κ1) is 11.7. The standard InChI is InChI=1S/C12H17FN2S/c1-14-6-2-3-10-8-16-12-7-9(13)4-5-11(12)15-10/h4-5,7,10,14-15H,2-3,6,8H2,1H3. The zero-order chi connectivity index (χ0) is 11.4. The highest BCUT2D eigenvalue weighted by Crippen LogP contribution is 2.34. The van der Waals surface area contributed by atoms with Crippen molar-refractivity contribution in [3.05, 3.63) is 24.0 Å². The van der Waals surface area contributed by atoms with E-state index in [4.69, 9.17) is 0 Å². The molecule has 1 aromatic rings. The third kappa shape index (κ3) is 2.89. The Hall–Kier alpha value is -0.740. The van der Waals surface area contributed by atoms with Crippen molar-refractivity contribution in [2.45, 2.75) is 23.8 Å². The van der Waals surface area contributed by atoms with Crippen LogP contribution in [-0.2, 0) is 0 Å². The Morgan fingerprint density at radius 2 is 2.44 bits per heavy atom. The molecule has 4 heteroatoms. The van der Waals surface area contributed by atoms with Gasteiger partial charge in [0.2, 0.25) is 0 Å². The van der Waals surface area contributed by atoms with Crippen LogP contribution in [0, 0.1) is 5.82 Å². The quantitative estimate of drug-likeness (QED) is 0.791. The third-order valence-corrected chi connectivity index (χ3v) is 3.94. The highest BCUT2D eigenvalue weighted by atomic mass is 32.2. The summed E-state index contributed by atoms with van der Waals surface area (Å²) in [5.74, 6) is 0.877. The largest absolute Gasteiger partial charge is 0.381 e. The Labute approximate surface area is 100 Å². The first-order valence-corrected chi connectivity index (χ1v) is 6.61. The maximum atomic E-state index is 13.0. The predicted molar refractivity (Wildman–Crippen MR) is 67.7 cm³/mol. The summed E-state index contributed by atoms with van der Waals surface area (Å²) in [6, 6.07) is 5.47. The van der Waals surface area contributed by atoms with Crippen LogP contribution in [0.4, 0.5) is 10.1 Å². The molecule has 2 N–H and O–H groups in total. The maximum Gasteiger partial charge on any atom is 0.124 e. The lowest BCUT2D eigenvalue weighted by molar-refractivity contribution is 0.616. The van der Waals surface area contributed by atoms with Gasteiger partial charge in [-0.25, -0.2) is 4.39 Å². The number of halogens is 1. The summed E-state index contributed by atoms with van der Waals surface area (Å²) >= 11 is 1.75. The lowest BCUT2D eigenvalue weighted by Gasteiger charge is -2.26. The van der Waals surface area contributed by atoms with Crippen molar-refractivity contribution in [3.8, 4) is 0 Å². The van der Waals surface area contributed by atoms with Gasteiger partial charge in [-0.3, -0.25) is 0 Å². The van der Waals surface area contributed by atoms with Crippen molar-refractivity contribution in [3.63, 3.8) is 0 Å². The number of fused-ring (bicyclic) bond motifs is 1. The molecule has 16 heavy (non-hydrogen) atoms. The number of benzene rings is 1. The molecule has 1 heterocycles. The fraction of sp³-hybridized carbons (Fsp3) is 0.500. The smallest absolute Gasteiger partial charge is 0.124 e. The molecular weight excluding hydrogens is 223 g/mol. The van der Waals surface area contributed by atoms with E-state index >= 15 is 0 Å². The lowest BCUT2D eigenvalue weighted by atomic mass is 10.1. The molecule has 1 aromatic carbocycles. The highest BCUT2D eigenvalue weighted by molar-refractivity contribution is 7.99. The van der Waals surface area contributed by atoms with Crippen molar-refractivity contribution in [2.24, 2.45) is 0 Å². The fourth-order valence-corrected chi connectivity index (χ4v) is 2.98. The van der Waals surface area contributed by atoms with Crippen molar-refractivity contribution in [1.82, 2.24) is 5.32 Å². The van der Waals surface area contributed by atoms with E-state index in [9.17, 15) is 4.39 Å². The van der Waals surface area contributed by atoms with Crippen LogP contribution in [0.3, 0.4) is 0 Å². The molecule has 1 aliphatic heterocycles. The summed E-state index contributed by atoms with van der Waals surface area (Å²) in [7, 11) is 1.97. The molecule has 0 saturated carbocycles. The maximum absolute atomic E-state index is 13.0. The number of anilines is 1. The Morgan fingerprint density at radius 1 is 1.56 bits per heavy atom. The first-order valence-electron chi connectivity index (χ1n) is 5.63. The summed E-state index contributed by atoms with van der Waals surface area (Å²) < 4.78 is 13.0. The number of hydrogen-bond acceptors (Lipinski definition) is 3. The van der Waals surface area contributed by atoms with Crippen LogP contribution in [0.5, 0.6) is 0 Å². The first-order chi connectivity index (χ1) is 7.79. The molecule has 2 nitrogen and oxygen atoms in total. The van der Waals surface area contributed by atoms with Gasteiger partial charge < -0.3 is 10.6 Å². The summed E-state index contributed by atoms with van der Waals surface area (Å²) in [5, 5.41) is 6.62. The molecule has 0 spiro atoms.